The lowest BCUT2D eigenvalue weighted by atomic mass is 10.3. The van der Waals surface area contributed by atoms with Gasteiger partial charge in [-0.2, -0.15) is 11.8 Å². The first-order chi connectivity index (χ1) is 10.1. The molecule has 0 saturated carbocycles. The molecule has 1 aromatic heterocycles. The van der Waals surface area contributed by atoms with E-state index in [-0.39, 0.29) is 14.5 Å². The first-order valence-electron chi connectivity index (χ1n) is 6.83. The fourth-order valence-electron chi connectivity index (χ4n) is 1.90. The van der Waals surface area contributed by atoms with Gasteiger partial charge in [0.25, 0.3) is 0 Å². The Labute approximate surface area is 138 Å². The molecule has 0 aliphatic carbocycles. The summed E-state index contributed by atoms with van der Waals surface area (Å²) in [6, 6.07) is 4.76. The summed E-state index contributed by atoms with van der Waals surface area (Å²) in [5, 5.41) is 0. The topological polar surface area (TPSA) is 68.2 Å². The summed E-state index contributed by atoms with van der Waals surface area (Å²) in [7, 11) is -1.86. The Morgan fingerprint density at radius 3 is 2.64 bits per heavy atom. The van der Waals surface area contributed by atoms with Gasteiger partial charge in [0.2, 0.25) is 10.0 Å². The van der Waals surface area contributed by atoms with Crippen molar-refractivity contribution in [3.05, 3.63) is 27.9 Å². The highest BCUT2D eigenvalue weighted by molar-refractivity contribution is 8.00. The number of aryl methyl sites for hydroxylation is 1. The van der Waals surface area contributed by atoms with E-state index < -0.39 is 10.0 Å². The molecule has 0 radical (unpaired) electrons. The Bertz CT molecular complexity index is 829. The van der Waals surface area contributed by atoms with Crippen molar-refractivity contribution in [2.75, 3.05) is 12.3 Å². The molecule has 8 heteroatoms. The number of sulfonamides is 1. The van der Waals surface area contributed by atoms with E-state index >= 15 is 0 Å². The number of nitrogens with one attached hydrogen (secondary N) is 1. The zero-order valence-electron chi connectivity index (χ0n) is 13.0. The van der Waals surface area contributed by atoms with Crippen LogP contribution in [0.4, 0.5) is 0 Å². The molecule has 0 atom stereocenters. The Kier molecular flexibility index (Phi) is 5.06. The van der Waals surface area contributed by atoms with Crippen LogP contribution >= 0.6 is 23.1 Å². The number of fused-ring (bicyclic) bond motifs is 1. The van der Waals surface area contributed by atoms with E-state index in [0.29, 0.717) is 17.0 Å². The molecule has 122 valence electrons. The maximum Gasteiger partial charge on any atom is 0.307 e. The molecule has 0 spiro atoms. The van der Waals surface area contributed by atoms with Crippen LogP contribution in [0.15, 0.2) is 27.9 Å². The Hall–Kier alpha value is -0.830. The fraction of sp³-hybridized carbons (Fsp3) is 0.500. The number of rotatable bonds is 5. The first-order valence-corrected chi connectivity index (χ1v) is 10.1. The minimum absolute atomic E-state index is 0.0981. The molecular weight excluding hydrogens is 340 g/mol. The van der Waals surface area contributed by atoms with Crippen molar-refractivity contribution in [3.63, 3.8) is 0 Å². The fourth-order valence-corrected chi connectivity index (χ4v) is 4.89. The van der Waals surface area contributed by atoms with Gasteiger partial charge in [-0.1, -0.05) is 32.1 Å². The van der Waals surface area contributed by atoms with Crippen LogP contribution in [-0.2, 0) is 17.1 Å². The molecule has 1 N–H and O–H groups in total. The summed E-state index contributed by atoms with van der Waals surface area (Å²) in [6.07, 6.45) is 0. The van der Waals surface area contributed by atoms with Gasteiger partial charge >= 0.3 is 4.87 Å². The average molecular weight is 361 g/mol. The summed E-state index contributed by atoms with van der Waals surface area (Å²) in [5.74, 6) is 0.712. The third-order valence-corrected chi connectivity index (χ3v) is 6.73. The predicted molar refractivity (Wildman–Crippen MR) is 94.5 cm³/mol. The normalized spacial score (nSPS) is 12.9. The van der Waals surface area contributed by atoms with E-state index in [2.05, 4.69) is 25.5 Å². The largest absolute Gasteiger partial charge is 0.307 e. The van der Waals surface area contributed by atoms with Crippen molar-refractivity contribution in [1.29, 1.82) is 0 Å². The van der Waals surface area contributed by atoms with Crippen LogP contribution in [-0.4, -0.2) is 30.0 Å². The van der Waals surface area contributed by atoms with Crippen LogP contribution in [0.3, 0.4) is 0 Å². The van der Waals surface area contributed by atoms with Gasteiger partial charge in [-0.3, -0.25) is 4.79 Å². The number of hydrogen-bond donors (Lipinski definition) is 1. The maximum absolute atomic E-state index is 12.3. The second-order valence-electron chi connectivity index (χ2n) is 5.92. The van der Waals surface area contributed by atoms with Gasteiger partial charge in [-0.15, -0.1) is 0 Å². The lowest BCUT2D eigenvalue weighted by molar-refractivity contribution is 0.584. The second-order valence-corrected chi connectivity index (χ2v) is 10.6. The molecule has 0 amide bonds. The van der Waals surface area contributed by atoms with Crippen LogP contribution in [0.1, 0.15) is 20.8 Å². The average Bonchev–Trinajstić information content (AvgIpc) is 2.69. The number of thioether (sulfide) groups is 1. The summed E-state index contributed by atoms with van der Waals surface area (Å²) in [4.78, 5) is 11.7. The van der Waals surface area contributed by atoms with Crippen LogP contribution in [0.2, 0.25) is 0 Å². The highest BCUT2D eigenvalue weighted by Gasteiger charge is 2.16. The molecule has 0 bridgehead atoms. The van der Waals surface area contributed by atoms with Crippen LogP contribution < -0.4 is 9.60 Å². The smallest absolute Gasteiger partial charge is 0.302 e. The third kappa shape index (κ3) is 4.13. The van der Waals surface area contributed by atoms with E-state index in [1.165, 1.54) is 10.6 Å². The lowest BCUT2D eigenvalue weighted by Gasteiger charge is -2.17. The molecule has 2 aromatic rings. The number of hydrogen-bond acceptors (Lipinski definition) is 5. The standard InChI is InChI=1S/C14H20N2O3S3/c1-14(2,3)20-8-7-15-22(18,19)10-5-6-11-12(9-10)21-13(17)16(11)4/h5-6,9,15H,7-8H2,1-4H3. The second kappa shape index (κ2) is 6.35. The van der Waals surface area contributed by atoms with Crippen molar-refractivity contribution in [2.45, 2.75) is 30.4 Å². The predicted octanol–water partition coefficient (Wildman–Crippen LogP) is 2.41. The Morgan fingerprint density at radius 2 is 2.00 bits per heavy atom. The summed E-state index contributed by atoms with van der Waals surface area (Å²) in [6.45, 7) is 6.67. The Morgan fingerprint density at radius 1 is 1.32 bits per heavy atom. The van der Waals surface area contributed by atoms with E-state index in [9.17, 15) is 13.2 Å². The van der Waals surface area contributed by atoms with Gasteiger partial charge in [0.1, 0.15) is 0 Å². The molecular formula is C14H20N2O3S3. The molecule has 5 nitrogen and oxygen atoms in total. The molecule has 0 unspecified atom stereocenters. The molecule has 0 saturated heterocycles. The van der Waals surface area contributed by atoms with Crippen LogP contribution in [0, 0.1) is 0 Å². The van der Waals surface area contributed by atoms with E-state index in [1.54, 1.807) is 30.9 Å². The van der Waals surface area contributed by atoms with E-state index in [0.717, 1.165) is 16.9 Å². The zero-order valence-corrected chi connectivity index (χ0v) is 15.5. The van der Waals surface area contributed by atoms with Gasteiger partial charge in [0.15, 0.2) is 0 Å². The summed E-state index contributed by atoms with van der Waals surface area (Å²) < 4.78 is 29.5. The molecule has 2 rings (SSSR count). The van der Waals surface area contributed by atoms with Crippen molar-refractivity contribution >= 4 is 43.3 Å². The van der Waals surface area contributed by atoms with Gasteiger partial charge in [0, 0.05) is 24.1 Å². The molecule has 1 heterocycles. The van der Waals surface area contributed by atoms with Crippen molar-refractivity contribution in [1.82, 2.24) is 9.29 Å². The quantitative estimate of drug-likeness (QED) is 0.832. The third-order valence-electron chi connectivity index (χ3n) is 3.00. The lowest BCUT2D eigenvalue weighted by Crippen LogP contribution is -2.27. The van der Waals surface area contributed by atoms with Gasteiger partial charge < -0.3 is 4.57 Å². The zero-order chi connectivity index (χ0) is 16.5. The van der Waals surface area contributed by atoms with Gasteiger partial charge in [0.05, 0.1) is 15.1 Å². The monoisotopic (exact) mass is 360 g/mol. The van der Waals surface area contributed by atoms with Gasteiger partial charge in [-0.05, 0) is 18.2 Å². The molecule has 0 aliphatic rings. The van der Waals surface area contributed by atoms with Crippen LogP contribution in [0.5, 0.6) is 0 Å². The number of nitrogens with zero attached hydrogens (tertiary/aromatic N) is 1. The highest BCUT2D eigenvalue weighted by Crippen LogP contribution is 2.23. The molecule has 0 fully saturated rings. The molecule has 1 aromatic carbocycles. The van der Waals surface area contributed by atoms with Gasteiger partial charge in [-0.25, -0.2) is 13.1 Å². The maximum atomic E-state index is 12.3. The number of benzene rings is 1. The van der Waals surface area contributed by atoms with Crippen molar-refractivity contribution in [2.24, 2.45) is 7.05 Å². The van der Waals surface area contributed by atoms with Crippen molar-refractivity contribution < 1.29 is 8.42 Å². The number of aromatic nitrogens is 1. The van der Waals surface area contributed by atoms with E-state index in [1.807, 2.05) is 0 Å². The SMILES string of the molecule is Cn1c(=O)sc2cc(S(=O)(=O)NCCSC(C)(C)C)ccc21. The molecule has 0 aliphatic heterocycles. The van der Waals surface area contributed by atoms with Crippen molar-refractivity contribution in [3.8, 4) is 0 Å². The first kappa shape index (κ1) is 17.5. The minimum Gasteiger partial charge on any atom is -0.302 e. The number of thiazole rings is 1. The van der Waals surface area contributed by atoms with E-state index in [4.69, 9.17) is 0 Å². The summed E-state index contributed by atoms with van der Waals surface area (Å²) >= 11 is 2.76. The minimum atomic E-state index is -3.54. The highest BCUT2D eigenvalue weighted by atomic mass is 32.2. The van der Waals surface area contributed by atoms with Crippen LogP contribution in [0.25, 0.3) is 10.2 Å². The summed E-state index contributed by atoms with van der Waals surface area (Å²) in [5.41, 5.74) is 0.747. The molecule has 22 heavy (non-hydrogen) atoms. The Balaban J connectivity index is 2.14.